The summed E-state index contributed by atoms with van der Waals surface area (Å²) in [4.78, 5) is 24.6. The van der Waals surface area contributed by atoms with Gasteiger partial charge in [-0.2, -0.15) is 5.26 Å². The van der Waals surface area contributed by atoms with E-state index in [-0.39, 0.29) is 17.7 Å². The van der Waals surface area contributed by atoms with E-state index in [4.69, 9.17) is 5.26 Å². The number of para-hydroxylation sites is 1. The van der Waals surface area contributed by atoms with Gasteiger partial charge in [-0.1, -0.05) is 12.1 Å². The van der Waals surface area contributed by atoms with Crippen molar-refractivity contribution in [2.75, 3.05) is 10.6 Å². The zero-order valence-electron chi connectivity index (χ0n) is 13.3. The number of Topliss-reactive ketones (excluding diaryl/α,β-unsaturated/α-hetero) is 1. The first-order valence-electron chi connectivity index (χ1n) is 7.78. The van der Waals surface area contributed by atoms with Gasteiger partial charge in [-0.3, -0.25) is 9.59 Å². The van der Waals surface area contributed by atoms with Crippen molar-refractivity contribution in [3.05, 3.63) is 59.2 Å². The van der Waals surface area contributed by atoms with E-state index < -0.39 is 0 Å². The molecule has 2 aromatic rings. The molecule has 0 saturated carbocycles. The Morgan fingerprint density at radius 1 is 1.25 bits per heavy atom. The van der Waals surface area contributed by atoms with E-state index in [9.17, 15) is 9.59 Å². The van der Waals surface area contributed by atoms with Crippen LogP contribution in [0.1, 0.15) is 34.8 Å². The Morgan fingerprint density at radius 2 is 2.00 bits per heavy atom. The third-order valence-electron chi connectivity index (χ3n) is 3.98. The van der Waals surface area contributed by atoms with Crippen LogP contribution in [0.15, 0.2) is 42.5 Å². The van der Waals surface area contributed by atoms with Crippen LogP contribution in [0.5, 0.6) is 0 Å². The number of rotatable bonds is 2. The number of hydrogen-bond acceptors (Lipinski definition) is 4. The zero-order valence-corrected chi connectivity index (χ0v) is 13.3. The molecule has 24 heavy (non-hydrogen) atoms. The Kier molecular flexibility index (Phi) is 4.30. The topological polar surface area (TPSA) is 82.0 Å². The van der Waals surface area contributed by atoms with Gasteiger partial charge in [0.2, 0.25) is 0 Å². The minimum absolute atomic E-state index is 0.0115. The molecule has 2 aromatic carbocycles. The molecule has 0 unspecified atom stereocenters. The highest BCUT2D eigenvalue weighted by atomic mass is 16.1. The normalized spacial score (nSPS) is 16.3. The molecule has 0 radical (unpaired) electrons. The number of carbonyl (C=O) groups is 2. The van der Waals surface area contributed by atoms with E-state index in [1.54, 1.807) is 36.4 Å². The highest BCUT2D eigenvalue weighted by Crippen LogP contribution is 2.27. The molecule has 2 N–H and O–H groups in total. The quantitative estimate of drug-likeness (QED) is 0.891. The molecule has 1 amide bonds. The molecule has 0 bridgehead atoms. The Morgan fingerprint density at radius 3 is 2.71 bits per heavy atom. The van der Waals surface area contributed by atoms with Crippen molar-refractivity contribution in [1.29, 1.82) is 5.26 Å². The molecule has 1 aliphatic rings. The van der Waals surface area contributed by atoms with E-state index in [1.165, 1.54) is 0 Å². The van der Waals surface area contributed by atoms with Crippen LogP contribution in [0.2, 0.25) is 0 Å². The molecule has 0 aliphatic carbocycles. The first-order valence-corrected chi connectivity index (χ1v) is 7.78. The van der Waals surface area contributed by atoms with Crippen LogP contribution in [-0.2, 0) is 11.2 Å². The fraction of sp³-hybridized carbons (Fsp3) is 0.211. The van der Waals surface area contributed by atoms with Gasteiger partial charge in [0, 0.05) is 24.6 Å². The number of amides is 1. The van der Waals surface area contributed by atoms with Crippen LogP contribution in [0.25, 0.3) is 0 Å². The lowest BCUT2D eigenvalue weighted by molar-refractivity contribution is -0.118. The highest BCUT2D eigenvalue weighted by Gasteiger charge is 2.22. The summed E-state index contributed by atoms with van der Waals surface area (Å²) in [5, 5.41) is 14.9. The number of nitrogens with one attached hydrogen (secondary N) is 2. The average Bonchev–Trinajstić information content (AvgIpc) is 2.71. The van der Waals surface area contributed by atoms with Crippen molar-refractivity contribution < 1.29 is 9.59 Å². The Hall–Kier alpha value is -3.13. The van der Waals surface area contributed by atoms with Crippen LogP contribution in [-0.4, -0.2) is 17.7 Å². The molecule has 0 saturated heterocycles. The number of carbonyl (C=O) groups excluding carboxylic acids is 2. The molecule has 5 nitrogen and oxygen atoms in total. The van der Waals surface area contributed by atoms with Crippen LogP contribution in [0.3, 0.4) is 0 Å². The average molecular weight is 319 g/mol. The SMILES string of the molecule is C[C@@H]1CC(=O)Cc2cccc(C(=O)Nc3ccc(C#N)cc3)c2N1. The molecule has 1 heterocycles. The number of nitrogens with zero attached hydrogens (tertiary/aromatic N) is 1. The van der Waals surface area contributed by atoms with Crippen LogP contribution >= 0.6 is 0 Å². The predicted molar refractivity (Wildman–Crippen MR) is 92.0 cm³/mol. The minimum atomic E-state index is -0.245. The third-order valence-corrected chi connectivity index (χ3v) is 3.98. The lowest BCUT2D eigenvalue weighted by Gasteiger charge is -2.16. The predicted octanol–water partition coefficient (Wildman–Crippen LogP) is 3.13. The standard InChI is InChI=1S/C19H17N3O2/c1-12-9-16(23)10-14-3-2-4-17(18(14)21-12)19(24)22-15-7-5-13(11-20)6-8-15/h2-8,12,21H,9-10H2,1H3,(H,22,24)/t12-/m1/s1. The van der Waals surface area contributed by atoms with Gasteiger partial charge in [0.15, 0.2) is 0 Å². The van der Waals surface area contributed by atoms with Crippen molar-refractivity contribution >= 4 is 23.1 Å². The Bertz CT molecular complexity index is 835. The molecule has 3 rings (SSSR count). The molecular formula is C19H17N3O2. The fourth-order valence-corrected chi connectivity index (χ4v) is 2.86. The summed E-state index contributed by atoms with van der Waals surface area (Å²) in [5.41, 5.74) is 3.24. The molecule has 1 aliphatic heterocycles. The number of anilines is 2. The summed E-state index contributed by atoms with van der Waals surface area (Å²) >= 11 is 0. The van der Waals surface area contributed by atoms with Crippen molar-refractivity contribution in [3.63, 3.8) is 0 Å². The summed E-state index contributed by atoms with van der Waals surface area (Å²) in [6.45, 7) is 1.93. The second-order valence-corrected chi connectivity index (χ2v) is 5.95. The number of hydrogen-bond donors (Lipinski definition) is 2. The first kappa shape index (κ1) is 15.8. The van der Waals surface area contributed by atoms with Gasteiger partial charge in [-0.15, -0.1) is 0 Å². The highest BCUT2D eigenvalue weighted by molar-refractivity contribution is 6.09. The number of nitriles is 1. The van der Waals surface area contributed by atoms with Crippen LogP contribution < -0.4 is 10.6 Å². The van der Waals surface area contributed by atoms with Crippen LogP contribution in [0, 0.1) is 11.3 Å². The van der Waals surface area contributed by atoms with Gasteiger partial charge >= 0.3 is 0 Å². The van der Waals surface area contributed by atoms with Crippen molar-refractivity contribution in [2.24, 2.45) is 0 Å². The summed E-state index contributed by atoms with van der Waals surface area (Å²) in [5.74, 6) is -0.0796. The van der Waals surface area contributed by atoms with E-state index in [0.29, 0.717) is 29.7 Å². The Balaban J connectivity index is 1.89. The molecule has 0 aromatic heterocycles. The zero-order chi connectivity index (χ0) is 17.1. The van der Waals surface area contributed by atoms with Crippen molar-refractivity contribution in [1.82, 2.24) is 0 Å². The van der Waals surface area contributed by atoms with Gasteiger partial charge in [0.25, 0.3) is 5.91 Å². The summed E-state index contributed by atoms with van der Waals surface area (Å²) < 4.78 is 0. The van der Waals surface area contributed by atoms with Gasteiger partial charge < -0.3 is 10.6 Å². The third kappa shape index (κ3) is 3.28. The summed E-state index contributed by atoms with van der Waals surface area (Å²) in [7, 11) is 0. The monoisotopic (exact) mass is 319 g/mol. The maximum atomic E-state index is 12.6. The smallest absolute Gasteiger partial charge is 0.257 e. The summed E-state index contributed by atoms with van der Waals surface area (Å²) in [6, 6.07) is 14.1. The molecule has 0 spiro atoms. The fourth-order valence-electron chi connectivity index (χ4n) is 2.86. The molecule has 1 atom stereocenters. The molecule has 120 valence electrons. The van der Waals surface area contributed by atoms with Gasteiger partial charge in [0.05, 0.1) is 22.9 Å². The number of benzene rings is 2. The molecular weight excluding hydrogens is 302 g/mol. The maximum Gasteiger partial charge on any atom is 0.257 e. The summed E-state index contributed by atoms with van der Waals surface area (Å²) in [6.07, 6.45) is 0.788. The van der Waals surface area contributed by atoms with E-state index in [2.05, 4.69) is 10.6 Å². The van der Waals surface area contributed by atoms with Gasteiger partial charge in [-0.05, 0) is 42.8 Å². The largest absolute Gasteiger partial charge is 0.381 e. The van der Waals surface area contributed by atoms with Gasteiger partial charge in [-0.25, -0.2) is 0 Å². The number of fused-ring (bicyclic) bond motifs is 1. The first-order chi connectivity index (χ1) is 11.6. The molecule has 5 heteroatoms. The van der Waals surface area contributed by atoms with E-state index in [1.807, 2.05) is 19.1 Å². The number of ketones is 1. The van der Waals surface area contributed by atoms with Crippen molar-refractivity contribution in [2.45, 2.75) is 25.8 Å². The van der Waals surface area contributed by atoms with E-state index in [0.717, 1.165) is 11.3 Å². The maximum absolute atomic E-state index is 12.6. The lowest BCUT2D eigenvalue weighted by atomic mass is 10.0. The second-order valence-electron chi connectivity index (χ2n) is 5.95. The van der Waals surface area contributed by atoms with Crippen LogP contribution in [0.4, 0.5) is 11.4 Å². The van der Waals surface area contributed by atoms with Crippen molar-refractivity contribution in [3.8, 4) is 6.07 Å². The minimum Gasteiger partial charge on any atom is -0.381 e. The Labute approximate surface area is 140 Å². The van der Waals surface area contributed by atoms with Gasteiger partial charge in [0.1, 0.15) is 5.78 Å². The molecule has 0 fully saturated rings. The second kappa shape index (κ2) is 6.55. The lowest BCUT2D eigenvalue weighted by Crippen LogP contribution is -2.20. The van der Waals surface area contributed by atoms with E-state index >= 15 is 0 Å².